The molecule has 8 heteroatoms. The number of nitrogens with zero attached hydrogens (tertiary/aromatic N) is 1. The average molecular weight is 497 g/mol. The number of aromatic carboxylic acids is 1. The lowest BCUT2D eigenvalue weighted by atomic mass is 9.77. The standard InChI is InChI=1S/C28H36N2O6/c1-17(31)29-11-7-5-6-8-12-36-24-15-28(2,3)26-25(24)19-10-9-18(35-4)13-20(19)22-14-23(32)21(27(33)34)16-30(22)26/h9-10,13-14,16,24-26H,5-8,11-12,15H2,1-4H3,(H,29,31)(H,33,34). The molecular weight excluding hydrogens is 460 g/mol. The summed E-state index contributed by atoms with van der Waals surface area (Å²) in [7, 11) is 1.61. The molecule has 8 nitrogen and oxygen atoms in total. The summed E-state index contributed by atoms with van der Waals surface area (Å²) in [5.41, 5.74) is 1.81. The monoisotopic (exact) mass is 496 g/mol. The molecule has 2 aliphatic rings. The van der Waals surface area contributed by atoms with Crippen LogP contribution >= 0.6 is 0 Å². The number of pyridine rings is 1. The highest BCUT2D eigenvalue weighted by molar-refractivity contribution is 5.88. The van der Waals surface area contributed by atoms with Gasteiger partial charge in [0.2, 0.25) is 5.91 Å². The third-order valence-corrected chi connectivity index (χ3v) is 7.55. The predicted octanol–water partition coefficient (Wildman–Crippen LogP) is 4.37. The van der Waals surface area contributed by atoms with Gasteiger partial charge in [0.15, 0.2) is 5.43 Å². The van der Waals surface area contributed by atoms with Crippen molar-refractivity contribution in [3.05, 3.63) is 51.8 Å². The molecule has 194 valence electrons. The van der Waals surface area contributed by atoms with E-state index in [-0.39, 0.29) is 34.9 Å². The van der Waals surface area contributed by atoms with Crippen LogP contribution in [0, 0.1) is 5.41 Å². The van der Waals surface area contributed by atoms with Gasteiger partial charge in [0, 0.05) is 49.9 Å². The lowest BCUT2D eigenvalue weighted by Gasteiger charge is -2.40. The van der Waals surface area contributed by atoms with Gasteiger partial charge in [-0.3, -0.25) is 9.59 Å². The number of aromatic nitrogens is 1. The number of unbranched alkanes of at least 4 members (excludes halogenated alkanes) is 3. The first-order valence-electron chi connectivity index (χ1n) is 12.7. The zero-order valence-electron chi connectivity index (χ0n) is 21.5. The molecular formula is C28H36N2O6. The number of carboxylic acid groups (broad SMARTS) is 1. The molecule has 1 aromatic heterocycles. The number of carbonyl (C=O) groups is 2. The molecule has 3 unspecified atom stereocenters. The van der Waals surface area contributed by atoms with Crippen LogP contribution in [0.15, 0.2) is 35.3 Å². The van der Waals surface area contributed by atoms with Gasteiger partial charge in [-0.05, 0) is 42.4 Å². The minimum absolute atomic E-state index is 0.00325. The molecule has 2 N–H and O–H groups in total. The molecule has 1 aliphatic heterocycles. The Morgan fingerprint density at radius 3 is 2.61 bits per heavy atom. The third kappa shape index (κ3) is 5.05. The predicted molar refractivity (Wildman–Crippen MR) is 137 cm³/mol. The average Bonchev–Trinajstić information content (AvgIpc) is 3.10. The molecule has 36 heavy (non-hydrogen) atoms. The number of hydrogen-bond acceptors (Lipinski definition) is 5. The van der Waals surface area contributed by atoms with Crippen LogP contribution in [0.1, 0.15) is 80.8 Å². The van der Waals surface area contributed by atoms with Crippen molar-refractivity contribution in [1.82, 2.24) is 9.88 Å². The Morgan fingerprint density at radius 2 is 1.92 bits per heavy atom. The number of carbonyl (C=O) groups excluding carboxylic acids is 1. The second kappa shape index (κ2) is 10.5. The van der Waals surface area contributed by atoms with Crippen LogP contribution in [-0.4, -0.2) is 47.9 Å². The SMILES string of the molecule is COc1ccc2c(c1)-c1cc(=O)c(C(=O)O)cn1C1C2C(OCCCCCCNC(C)=O)CC1(C)C. The van der Waals surface area contributed by atoms with E-state index in [2.05, 4.69) is 25.2 Å². The van der Waals surface area contributed by atoms with Crippen LogP contribution in [-0.2, 0) is 9.53 Å². The minimum Gasteiger partial charge on any atom is -0.497 e. The molecule has 3 atom stereocenters. The number of amides is 1. The zero-order valence-corrected chi connectivity index (χ0v) is 21.5. The quantitative estimate of drug-likeness (QED) is 0.473. The van der Waals surface area contributed by atoms with Crippen molar-refractivity contribution >= 4 is 11.9 Å². The van der Waals surface area contributed by atoms with Crippen molar-refractivity contribution in [3.63, 3.8) is 0 Å². The van der Waals surface area contributed by atoms with Crippen LogP contribution in [0.2, 0.25) is 0 Å². The number of rotatable bonds is 10. The summed E-state index contributed by atoms with van der Waals surface area (Å²) in [5.74, 6) is -0.506. The number of hydrogen-bond donors (Lipinski definition) is 2. The van der Waals surface area contributed by atoms with Crippen LogP contribution in [0.3, 0.4) is 0 Å². The Labute approximate surface area is 211 Å². The second-order valence-electron chi connectivity index (χ2n) is 10.6. The fraction of sp³-hybridized carbons (Fsp3) is 0.536. The molecule has 1 fully saturated rings. The maximum absolute atomic E-state index is 12.6. The molecule has 2 heterocycles. The maximum atomic E-state index is 12.6. The first-order chi connectivity index (χ1) is 17.1. The van der Waals surface area contributed by atoms with Gasteiger partial charge in [0.1, 0.15) is 11.3 Å². The molecule has 2 aromatic rings. The van der Waals surface area contributed by atoms with Crippen LogP contribution in [0.5, 0.6) is 5.75 Å². The normalized spacial score (nSPS) is 21.3. The van der Waals surface area contributed by atoms with Crippen molar-refractivity contribution in [2.24, 2.45) is 5.41 Å². The smallest absolute Gasteiger partial charge is 0.341 e. The van der Waals surface area contributed by atoms with E-state index in [1.807, 2.05) is 16.7 Å². The lowest BCUT2D eigenvalue weighted by molar-refractivity contribution is -0.118. The summed E-state index contributed by atoms with van der Waals surface area (Å²) in [6, 6.07) is 7.32. The Kier molecular flexibility index (Phi) is 7.54. The number of benzene rings is 1. The zero-order chi connectivity index (χ0) is 26.0. The van der Waals surface area contributed by atoms with Gasteiger partial charge in [-0.1, -0.05) is 32.8 Å². The minimum atomic E-state index is -1.22. The van der Waals surface area contributed by atoms with E-state index in [0.29, 0.717) is 24.6 Å². The summed E-state index contributed by atoms with van der Waals surface area (Å²) < 4.78 is 13.9. The van der Waals surface area contributed by atoms with Gasteiger partial charge >= 0.3 is 5.97 Å². The summed E-state index contributed by atoms with van der Waals surface area (Å²) in [5, 5.41) is 12.5. The van der Waals surface area contributed by atoms with E-state index in [4.69, 9.17) is 9.47 Å². The highest BCUT2D eigenvalue weighted by Gasteiger charge is 2.53. The van der Waals surface area contributed by atoms with Gasteiger partial charge in [0.25, 0.3) is 0 Å². The van der Waals surface area contributed by atoms with Gasteiger partial charge in [-0.2, -0.15) is 0 Å². The molecule has 1 aromatic carbocycles. The van der Waals surface area contributed by atoms with Crippen LogP contribution < -0.4 is 15.5 Å². The summed E-state index contributed by atoms with van der Waals surface area (Å²) >= 11 is 0. The summed E-state index contributed by atoms with van der Waals surface area (Å²) in [4.78, 5) is 35.4. The van der Waals surface area contributed by atoms with Crippen LogP contribution in [0.4, 0.5) is 0 Å². The lowest BCUT2D eigenvalue weighted by Crippen LogP contribution is -2.33. The molecule has 0 radical (unpaired) electrons. The van der Waals surface area contributed by atoms with Crippen molar-refractivity contribution in [2.75, 3.05) is 20.3 Å². The number of fused-ring (bicyclic) bond motifs is 6. The first-order valence-corrected chi connectivity index (χ1v) is 12.7. The molecule has 4 rings (SSSR count). The fourth-order valence-corrected chi connectivity index (χ4v) is 5.95. The van der Waals surface area contributed by atoms with Gasteiger partial charge < -0.3 is 24.5 Å². The molecule has 1 aliphatic carbocycles. The second-order valence-corrected chi connectivity index (χ2v) is 10.6. The van der Waals surface area contributed by atoms with E-state index < -0.39 is 11.4 Å². The van der Waals surface area contributed by atoms with Crippen LogP contribution in [0.25, 0.3) is 11.3 Å². The molecule has 1 amide bonds. The molecule has 0 saturated heterocycles. The van der Waals surface area contributed by atoms with Crippen molar-refractivity contribution < 1.29 is 24.2 Å². The van der Waals surface area contributed by atoms with Gasteiger partial charge in [-0.25, -0.2) is 4.79 Å². The highest BCUT2D eigenvalue weighted by atomic mass is 16.5. The Balaban J connectivity index is 1.60. The van der Waals surface area contributed by atoms with E-state index in [0.717, 1.165) is 43.2 Å². The highest BCUT2D eigenvalue weighted by Crippen LogP contribution is 2.59. The summed E-state index contributed by atoms with van der Waals surface area (Å²) in [6.45, 7) is 7.26. The molecule has 0 bridgehead atoms. The Hall–Kier alpha value is -3.13. The summed E-state index contributed by atoms with van der Waals surface area (Å²) in [6.07, 6.45) is 6.27. The maximum Gasteiger partial charge on any atom is 0.341 e. The van der Waals surface area contributed by atoms with Crippen molar-refractivity contribution in [2.45, 2.75) is 70.9 Å². The van der Waals surface area contributed by atoms with E-state index in [1.54, 1.807) is 7.11 Å². The van der Waals surface area contributed by atoms with Crippen molar-refractivity contribution in [3.8, 4) is 17.0 Å². The van der Waals surface area contributed by atoms with E-state index in [9.17, 15) is 19.5 Å². The molecule has 0 spiro atoms. The third-order valence-electron chi connectivity index (χ3n) is 7.55. The van der Waals surface area contributed by atoms with E-state index >= 15 is 0 Å². The Morgan fingerprint density at radius 1 is 1.17 bits per heavy atom. The molecule has 1 saturated carbocycles. The van der Waals surface area contributed by atoms with E-state index in [1.165, 1.54) is 19.2 Å². The van der Waals surface area contributed by atoms with Crippen molar-refractivity contribution in [1.29, 1.82) is 0 Å². The number of ether oxygens (including phenoxy) is 2. The van der Waals surface area contributed by atoms with Gasteiger partial charge in [0.05, 0.1) is 18.9 Å². The number of carboxylic acids is 1. The number of methoxy groups -OCH3 is 1. The number of nitrogens with one attached hydrogen (secondary N) is 1. The Bertz CT molecular complexity index is 1200. The van der Waals surface area contributed by atoms with Gasteiger partial charge in [-0.15, -0.1) is 0 Å². The topological polar surface area (TPSA) is 107 Å². The first kappa shape index (κ1) is 25.9. The largest absolute Gasteiger partial charge is 0.497 e. The fourth-order valence-electron chi connectivity index (χ4n) is 5.95.